The average Bonchev–Trinajstić information content (AvgIpc) is 3.16. The van der Waals surface area contributed by atoms with Crippen LogP contribution in [0.4, 0.5) is 5.69 Å². The van der Waals surface area contributed by atoms with E-state index >= 15 is 0 Å². The molecule has 0 aromatic heterocycles. The molecule has 2 nitrogen and oxygen atoms in total. The van der Waals surface area contributed by atoms with E-state index in [1.807, 2.05) is 11.8 Å². The summed E-state index contributed by atoms with van der Waals surface area (Å²) in [7, 11) is 0. The van der Waals surface area contributed by atoms with E-state index in [9.17, 15) is 0 Å². The Morgan fingerprint density at radius 1 is 1.27 bits per heavy atom. The SMILES string of the molecule is CC(C)(C)c1ccc2c(c1)[C@H]1OCC[C@H]1[C@H](C1C=CSC1)N2. The van der Waals surface area contributed by atoms with Crippen molar-refractivity contribution in [3.05, 3.63) is 40.8 Å². The second-order valence-electron chi connectivity index (χ2n) is 7.79. The van der Waals surface area contributed by atoms with Gasteiger partial charge in [0.25, 0.3) is 0 Å². The number of anilines is 1. The summed E-state index contributed by atoms with van der Waals surface area (Å²) in [5.41, 5.74) is 4.24. The lowest BCUT2D eigenvalue weighted by atomic mass is 9.77. The molecule has 0 amide bonds. The van der Waals surface area contributed by atoms with E-state index in [4.69, 9.17) is 4.74 Å². The third-order valence-corrected chi connectivity index (χ3v) is 6.24. The lowest BCUT2D eigenvalue weighted by Gasteiger charge is -2.39. The molecule has 1 aromatic rings. The van der Waals surface area contributed by atoms with Crippen LogP contribution in [0.1, 0.15) is 44.4 Å². The molecule has 0 radical (unpaired) electrons. The van der Waals surface area contributed by atoms with Crippen LogP contribution < -0.4 is 5.32 Å². The van der Waals surface area contributed by atoms with Gasteiger partial charge in [0.2, 0.25) is 0 Å². The molecule has 22 heavy (non-hydrogen) atoms. The van der Waals surface area contributed by atoms with Crippen LogP contribution in [0.3, 0.4) is 0 Å². The van der Waals surface area contributed by atoms with Crippen molar-refractivity contribution in [3.63, 3.8) is 0 Å². The molecule has 1 fully saturated rings. The monoisotopic (exact) mass is 315 g/mol. The van der Waals surface area contributed by atoms with Gasteiger partial charge in [-0.15, -0.1) is 11.8 Å². The van der Waals surface area contributed by atoms with E-state index in [0.717, 1.165) is 6.61 Å². The number of fused-ring (bicyclic) bond motifs is 3. The summed E-state index contributed by atoms with van der Waals surface area (Å²) >= 11 is 1.94. The molecule has 1 saturated heterocycles. The maximum Gasteiger partial charge on any atom is 0.0893 e. The van der Waals surface area contributed by atoms with E-state index in [0.29, 0.717) is 17.9 Å². The molecule has 0 spiro atoms. The van der Waals surface area contributed by atoms with Crippen molar-refractivity contribution < 1.29 is 4.74 Å². The van der Waals surface area contributed by atoms with Crippen molar-refractivity contribution >= 4 is 17.4 Å². The predicted octanol–water partition coefficient (Wildman–Crippen LogP) is 4.73. The van der Waals surface area contributed by atoms with Crippen LogP contribution in [0.15, 0.2) is 29.7 Å². The molecule has 3 heterocycles. The maximum atomic E-state index is 6.17. The number of ether oxygens (including phenoxy) is 1. The summed E-state index contributed by atoms with van der Waals surface area (Å²) in [5.74, 6) is 2.45. The van der Waals surface area contributed by atoms with Crippen LogP contribution >= 0.6 is 11.8 Å². The van der Waals surface area contributed by atoms with Crippen molar-refractivity contribution in [2.45, 2.75) is 44.8 Å². The smallest absolute Gasteiger partial charge is 0.0893 e. The van der Waals surface area contributed by atoms with E-state index < -0.39 is 0 Å². The zero-order chi connectivity index (χ0) is 15.3. The standard InChI is InChI=1S/C19H25NOS/c1-19(2,3)13-4-5-16-15(10-13)18-14(6-8-21-18)17(20-16)12-7-9-22-11-12/h4-5,7,9-10,12,14,17-18,20H,6,8,11H2,1-3H3/t12?,14-,17-,18-/m0/s1. The van der Waals surface area contributed by atoms with Gasteiger partial charge in [0.1, 0.15) is 0 Å². The third kappa shape index (κ3) is 2.39. The highest BCUT2D eigenvalue weighted by molar-refractivity contribution is 8.02. The molecule has 1 aromatic carbocycles. The topological polar surface area (TPSA) is 21.3 Å². The number of nitrogens with one attached hydrogen (secondary N) is 1. The first-order valence-electron chi connectivity index (χ1n) is 8.35. The molecule has 4 rings (SSSR count). The van der Waals surface area contributed by atoms with E-state index in [2.05, 4.69) is 55.8 Å². The normalized spacial score (nSPS) is 33.4. The first-order valence-corrected chi connectivity index (χ1v) is 9.40. The second kappa shape index (κ2) is 5.31. The molecule has 0 aliphatic carbocycles. The highest BCUT2D eigenvalue weighted by Crippen LogP contribution is 2.48. The van der Waals surface area contributed by atoms with Gasteiger partial charge in [-0.3, -0.25) is 0 Å². The maximum absolute atomic E-state index is 6.17. The van der Waals surface area contributed by atoms with Crippen molar-refractivity contribution in [2.24, 2.45) is 11.8 Å². The van der Waals surface area contributed by atoms with Crippen LogP contribution in [0.2, 0.25) is 0 Å². The minimum Gasteiger partial charge on any atom is -0.381 e. The van der Waals surface area contributed by atoms with Crippen LogP contribution in [0, 0.1) is 11.8 Å². The minimum atomic E-state index is 0.185. The Balaban J connectivity index is 1.72. The molecule has 3 heteroatoms. The highest BCUT2D eigenvalue weighted by Gasteiger charge is 2.43. The number of hydrogen-bond acceptors (Lipinski definition) is 3. The van der Waals surface area contributed by atoms with Gasteiger partial charge in [0.15, 0.2) is 0 Å². The van der Waals surface area contributed by atoms with Gasteiger partial charge < -0.3 is 10.1 Å². The van der Waals surface area contributed by atoms with Crippen LogP contribution in [0.5, 0.6) is 0 Å². The second-order valence-corrected chi connectivity index (χ2v) is 8.73. The zero-order valence-corrected chi connectivity index (χ0v) is 14.5. The molecule has 1 unspecified atom stereocenters. The molecule has 4 atom stereocenters. The Morgan fingerprint density at radius 3 is 2.86 bits per heavy atom. The zero-order valence-electron chi connectivity index (χ0n) is 13.6. The van der Waals surface area contributed by atoms with Crippen molar-refractivity contribution in [2.75, 3.05) is 17.7 Å². The summed E-state index contributed by atoms with van der Waals surface area (Å²) in [4.78, 5) is 0. The lowest BCUT2D eigenvalue weighted by molar-refractivity contribution is 0.0798. The molecule has 3 aliphatic heterocycles. The quantitative estimate of drug-likeness (QED) is 0.809. The summed E-state index contributed by atoms with van der Waals surface area (Å²) in [6.45, 7) is 7.74. The van der Waals surface area contributed by atoms with E-state index in [-0.39, 0.29) is 11.5 Å². The average molecular weight is 315 g/mol. The number of rotatable bonds is 1. The van der Waals surface area contributed by atoms with Gasteiger partial charge in [0, 0.05) is 41.5 Å². The first-order chi connectivity index (χ1) is 10.5. The van der Waals surface area contributed by atoms with Gasteiger partial charge >= 0.3 is 0 Å². The Bertz CT molecular complexity index is 604. The summed E-state index contributed by atoms with van der Waals surface area (Å²) in [6, 6.07) is 7.44. The number of thioether (sulfide) groups is 1. The Kier molecular flexibility index (Phi) is 3.54. The molecule has 0 bridgehead atoms. The minimum absolute atomic E-state index is 0.185. The largest absolute Gasteiger partial charge is 0.381 e. The van der Waals surface area contributed by atoms with Crippen molar-refractivity contribution in [1.82, 2.24) is 0 Å². The van der Waals surface area contributed by atoms with Gasteiger partial charge in [-0.25, -0.2) is 0 Å². The van der Waals surface area contributed by atoms with Gasteiger partial charge in [-0.05, 0) is 28.9 Å². The first kappa shape index (κ1) is 14.6. The van der Waals surface area contributed by atoms with Crippen molar-refractivity contribution in [1.29, 1.82) is 0 Å². The number of hydrogen-bond donors (Lipinski definition) is 1. The molecule has 118 valence electrons. The third-order valence-electron chi connectivity index (χ3n) is 5.32. The molecule has 1 N–H and O–H groups in total. The van der Waals surface area contributed by atoms with Crippen LogP contribution in [0.25, 0.3) is 0 Å². The van der Waals surface area contributed by atoms with E-state index in [1.165, 1.54) is 29.0 Å². The Hall–Kier alpha value is -0.930. The fourth-order valence-electron chi connectivity index (χ4n) is 4.00. The molecule has 0 saturated carbocycles. The van der Waals surface area contributed by atoms with Crippen LogP contribution in [-0.4, -0.2) is 18.4 Å². The summed E-state index contributed by atoms with van der Waals surface area (Å²) < 4.78 is 6.17. The van der Waals surface area contributed by atoms with Crippen LogP contribution in [-0.2, 0) is 10.2 Å². The lowest BCUT2D eigenvalue weighted by Crippen LogP contribution is -2.41. The predicted molar refractivity (Wildman–Crippen MR) is 94.4 cm³/mol. The summed E-state index contributed by atoms with van der Waals surface area (Å²) in [5, 5.41) is 6.10. The van der Waals surface area contributed by atoms with Gasteiger partial charge in [0.05, 0.1) is 6.10 Å². The Morgan fingerprint density at radius 2 is 2.14 bits per heavy atom. The Labute approximate surface area is 137 Å². The van der Waals surface area contributed by atoms with Gasteiger partial charge in [-0.1, -0.05) is 39.0 Å². The van der Waals surface area contributed by atoms with E-state index in [1.54, 1.807) is 0 Å². The molecular formula is C19H25NOS. The fraction of sp³-hybridized carbons (Fsp3) is 0.579. The highest BCUT2D eigenvalue weighted by atomic mass is 32.2. The summed E-state index contributed by atoms with van der Waals surface area (Å²) in [6.07, 6.45) is 3.84. The molecular weight excluding hydrogens is 290 g/mol. The fourth-order valence-corrected chi connectivity index (χ4v) is 4.97. The molecule has 3 aliphatic rings. The van der Waals surface area contributed by atoms with Crippen molar-refractivity contribution in [3.8, 4) is 0 Å². The number of benzene rings is 1. The van der Waals surface area contributed by atoms with Gasteiger partial charge in [-0.2, -0.15) is 0 Å².